The van der Waals surface area contributed by atoms with Crippen molar-refractivity contribution in [1.29, 1.82) is 0 Å². The zero-order valence-corrected chi connectivity index (χ0v) is 10.1. The Bertz CT molecular complexity index is 714. The third kappa shape index (κ3) is 2.15. The van der Waals surface area contributed by atoms with Crippen LogP contribution in [0.1, 0.15) is 16.1 Å². The predicted octanol–water partition coefficient (Wildman–Crippen LogP) is 1.40. The number of nitrogens with two attached hydrogens (primary N) is 1. The fraction of sp³-hybridized carbons (Fsp3) is 0.0769. The average molecular weight is 255 g/mol. The molecule has 2 aromatic heterocycles. The van der Waals surface area contributed by atoms with Gasteiger partial charge in [0, 0.05) is 23.7 Å². The summed E-state index contributed by atoms with van der Waals surface area (Å²) in [7, 11) is 0. The Hall–Kier alpha value is -2.76. The van der Waals surface area contributed by atoms with E-state index < -0.39 is 0 Å². The Kier molecular flexibility index (Phi) is 2.68. The first-order valence-corrected chi connectivity index (χ1v) is 5.87. The van der Waals surface area contributed by atoms with Crippen LogP contribution in [0.15, 0.2) is 36.7 Å². The molecule has 0 saturated heterocycles. The summed E-state index contributed by atoms with van der Waals surface area (Å²) in [6.07, 6.45) is 3.41. The number of carbonyl (C=O) groups is 1. The quantitative estimate of drug-likeness (QED) is 0.532. The summed E-state index contributed by atoms with van der Waals surface area (Å²) < 4.78 is 0. The highest BCUT2D eigenvalue weighted by Crippen LogP contribution is 2.20. The number of amides is 1. The van der Waals surface area contributed by atoms with Crippen LogP contribution in [0.25, 0.3) is 10.9 Å². The summed E-state index contributed by atoms with van der Waals surface area (Å²) in [4.78, 5) is 15.0. The summed E-state index contributed by atoms with van der Waals surface area (Å²) in [5, 5.41) is 10.3. The van der Waals surface area contributed by atoms with Gasteiger partial charge in [0.05, 0.1) is 17.4 Å². The molecule has 0 aliphatic rings. The van der Waals surface area contributed by atoms with Gasteiger partial charge in [-0.25, -0.2) is 0 Å². The van der Waals surface area contributed by atoms with Crippen LogP contribution >= 0.6 is 0 Å². The first-order valence-electron chi connectivity index (χ1n) is 5.87. The molecule has 0 saturated carbocycles. The number of hydrogen-bond acceptors (Lipinski definition) is 3. The van der Waals surface area contributed by atoms with Crippen LogP contribution < -0.4 is 11.1 Å². The molecular formula is C13H13N5O. The Balaban J connectivity index is 1.80. The first kappa shape index (κ1) is 11.3. The highest BCUT2D eigenvalue weighted by Gasteiger charge is 2.10. The Morgan fingerprint density at radius 2 is 2.32 bits per heavy atom. The molecule has 19 heavy (non-hydrogen) atoms. The van der Waals surface area contributed by atoms with Crippen molar-refractivity contribution < 1.29 is 4.79 Å². The summed E-state index contributed by atoms with van der Waals surface area (Å²) in [6, 6.07) is 7.36. The van der Waals surface area contributed by atoms with Gasteiger partial charge in [0.1, 0.15) is 5.69 Å². The molecule has 0 spiro atoms. The lowest BCUT2D eigenvalue weighted by Crippen LogP contribution is -2.22. The summed E-state index contributed by atoms with van der Waals surface area (Å²) in [6.45, 7) is 0.431. The zero-order valence-electron chi connectivity index (χ0n) is 10.1. The third-order valence-corrected chi connectivity index (χ3v) is 2.94. The maximum absolute atomic E-state index is 12.0. The standard InChI is InChI=1S/C13H13N5O/c14-10-3-1-2-9-4-11(18-12(9)10)13(19)15-5-8-6-16-17-7-8/h1-4,6-7,18H,5,14H2,(H,15,19)(H,16,17). The molecule has 0 atom stereocenters. The third-order valence-electron chi connectivity index (χ3n) is 2.94. The molecule has 1 aromatic carbocycles. The number of nitrogens with one attached hydrogen (secondary N) is 3. The Morgan fingerprint density at radius 3 is 3.05 bits per heavy atom. The number of fused-ring (bicyclic) bond motifs is 1. The van der Waals surface area contributed by atoms with E-state index in [9.17, 15) is 4.79 Å². The van der Waals surface area contributed by atoms with Gasteiger partial charge in [0.2, 0.25) is 0 Å². The van der Waals surface area contributed by atoms with Crippen molar-refractivity contribution in [2.45, 2.75) is 6.54 Å². The molecular weight excluding hydrogens is 242 g/mol. The molecule has 0 bridgehead atoms. The minimum absolute atomic E-state index is 0.170. The topological polar surface area (TPSA) is 99.6 Å². The minimum atomic E-state index is -0.170. The fourth-order valence-corrected chi connectivity index (χ4v) is 1.95. The van der Waals surface area contributed by atoms with Gasteiger partial charge >= 0.3 is 0 Å². The summed E-state index contributed by atoms with van der Waals surface area (Å²) in [5.74, 6) is -0.170. The maximum Gasteiger partial charge on any atom is 0.267 e. The van der Waals surface area contributed by atoms with Crippen LogP contribution in [-0.4, -0.2) is 21.1 Å². The molecule has 0 aliphatic carbocycles. The van der Waals surface area contributed by atoms with E-state index in [0.717, 1.165) is 16.5 Å². The van der Waals surface area contributed by atoms with Crippen LogP contribution in [0.4, 0.5) is 5.69 Å². The molecule has 0 radical (unpaired) electrons. The van der Waals surface area contributed by atoms with Gasteiger partial charge in [-0.2, -0.15) is 5.10 Å². The van der Waals surface area contributed by atoms with Crippen LogP contribution in [0, 0.1) is 0 Å². The largest absolute Gasteiger partial charge is 0.397 e. The van der Waals surface area contributed by atoms with E-state index in [-0.39, 0.29) is 5.91 Å². The lowest BCUT2D eigenvalue weighted by molar-refractivity contribution is 0.0947. The number of hydrogen-bond donors (Lipinski definition) is 4. The summed E-state index contributed by atoms with van der Waals surface area (Å²) >= 11 is 0. The van der Waals surface area contributed by atoms with E-state index in [2.05, 4.69) is 20.5 Å². The Morgan fingerprint density at radius 1 is 1.42 bits per heavy atom. The highest BCUT2D eigenvalue weighted by atomic mass is 16.1. The van der Waals surface area contributed by atoms with Gasteiger partial charge in [-0.05, 0) is 12.1 Å². The van der Waals surface area contributed by atoms with Gasteiger partial charge in [0.15, 0.2) is 0 Å². The number of aromatic amines is 2. The first-order chi connectivity index (χ1) is 9.24. The van der Waals surface area contributed by atoms with E-state index in [1.165, 1.54) is 0 Å². The molecule has 96 valence electrons. The summed E-state index contributed by atoms with van der Waals surface area (Å²) in [5.41, 5.74) is 8.68. The normalized spacial score (nSPS) is 10.7. The monoisotopic (exact) mass is 255 g/mol. The second-order valence-electron chi connectivity index (χ2n) is 4.28. The number of H-pyrrole nitrogens is 2. The second kappa shape index (κ2) is 4.49. The molecule has 6 heteroatoms. The SMILES string of the molecule is Nc1cccc2cc(C(=O)NCc3cn[nH]c3)[nH]c12. The lowest BCUT2D eigenvalue weighted by Gasteiger charge is -2.00. The van der Waals surface area contributed by atoms with Crippen molar-refractivity contribution in [1.82, 2.24) is 20.5 Å². The average Bonchev–Trinajstić information content (AvgIpc) is 3.05. The molecule has 6 nitrogen and oxygen atoms in total. The van der Waals surface area contributed by atoms with Gasteiger partial charge in [-0.1, -0.05) is 12.1 Å². The predicted molar refractivity (Wildman–Crippen MR) is 72.5 cm³/mol. The van der Waals surface area contributed by atoms with Crippen molar-refractivity contribution in [3.63, 3.8) is 0 Å². The zero-order chi connectivity index (χ0) is 13.2. The van der Waals surface area contributed by atoms with E-state index in [1.54, 1.807) is 24.5 Å². The van der Waals surface area contributed by atoms with Crippen molar-refractivity contribution >= 4 is 22.5 Å². The van der Waals surface area contributed by atoms with E-state index in [0.29, 0.717) is 17.9 Å². The molecule has 1 amide bonds. The number of rotatable bonds is 3. The van der Waals surface area contributed by atoms with Crippen LogP contribution in [0.3, 0.4) is 0 Å². The lowest BCUT2D eigenvalue weighted by atomic mass is 10.2. The van der Waals surface area contributed by atoms with Crippen LogP contribution in [0.2, 0.25) is 0 Å². The molecule has 3 rings (SSSR count). The molecule has 2 heterocycles. The molecule has 0 unspecified atom stereocenters. The van der Waals surface area contributed by atoms with Gasteiger partial charge in [-0.15, -0.1) is 0 Å². The van der Waals surface area contributed by atoms with E-state index in [1.807, 2.05) is 12.1 Å². The van der Waals surface area contributed by atoms with Gasteiger partial charge < -0.3 is 16.0 Å². The van der Waals surface area contributed by atoms with Crippen molar-refractivity contribution in [2.75, 3.05) is 5.73 Å². The molecule has 3 aromatic rings. The van der Waals surface area contributed by atoms with Gasteiger partial charge in [0.25, 0.3) is 5.91 Å². The van der Waals surface area contributed by atoms with Crippen molar-refractivity contribution in [3.05, 3.63) is 47.9 Å². The maximum atomic E-state index is 12.0. The van der Waals surface area contributed by atoms with Crippen molar-refractivity contribution in [2.24, 2.45) is 0 Å². The fourth-order valence-electron chi connectivity index (χ4n) is 1.95. The van der Waals surface area contributed by atoms with Crippen molar-refractivity contribution in [3.8, 4) is 0 Å². The number of nitrogen functional groups attached to an aromatic ring is 1. The van der Waals surface area contributed by atoms with Crippen LogP contribution in [-0.2, 0) is 6.54 Å². The van der Waals surface area contributed by atoms with E-state index in [4.69, 9.17) is 5.73 Å². The number of anilines is 1. The highest BCUT2D eigenvalue weighted by molar-refractivity contribution is 6.00. The number of para-hydroxylation sites is 1. The molecule has 5 N–H and O–H groups in total. The Labute approximate surface area is 109 Å². The molecule has 0 fully saturated rings. The molecule has 0 aliphatic heterocycles. The second-order valence-corrected chi connectivity index (χ2v) is 4.28. The van der Waals surface area contributed by atoms with Crippen LogP contribution in [0.5, 0.6) is 0 Å². The number of benzene rings is 1. The minimum Gasteiger partial charge on any atom is -0.397 e. The van der Waals surface area contributed by atoms with Gasteiger partial charge in [-0.3, -0.25) is 9.89 Å². The smallest absolute Gasteiger partial charge is 0.267 e. The van der Waals surface area contributed by atoms with E-state index >= 15 is 0 Å². The number of nitrogens with zero attached hydrogens (tertiary/aromatic N) is 1. The number of aromatic nitrogens is 3. The number of carbonyl (C=O) groups excluding carboxylic acids is 1.